The highest BCUT2D eigenvalue weighted by molar-refractivity contribution is 5.76. The summed E-state index contributed by atoms with van der Waals surface area (Å²) in [6.45, 7) is 6.65. The van der Waals surface area contributed by atoms with Crippen LogP contribution in [0.4, 0.5) is 0 Å². The molecule has 1 aromatic heterocycles. The zero-order chi connectivity index (χ0) is 16.2. The molecule has 1 heterocycles. The van der Waals surface area contributed by atoms with Crippen LogP contribution in [0.5, 0.6) is 0 Å². The van der Waals surface area contributed by atoms with E-state index in [0.29, 0.717) is 12.4 Å². The lowest BCUT2D eigenvalue weighted by molar-refractivity contribution is -0.153. The first-order chi connectivity index (χ1) is 10.4. The Labute approximate surface area is 130 Å². The number of para-hydroxylation sites is 2. The number of aryl methyl sites for hydroxylation is 1. The topological polar surface area (TPSA) is 64.3 Å². The summed E-state index contributed by atoms with van der Waals surface area (Å²) in [5.41, 5.74) is 1.47. The molecule has 0 spiro atoms. The third-order valence-corrected chi connectivity index (χ3v) is 3.50. The second-order valence-electron chi connectivity index (χ2n) is 6.42. The normalized spacial score (nSPS) is 11.8. The van der Waals surface area contributed by atoms with Gasteiger partial charge in [0.1, 0.15) is 12.4 Å². The van der Waals surface area contributed by atoms with Crippen LogP contribution in [0.15, 0.2) is 24.3 Å². The van der Waals surface area contributed by atoms with Crippen LogP contribution in [0.1, 0.15) is 39.4 Å². The van der Waals surface area contributed by atoms with E-state index in [1.165, 1.54) is 0 Å². The van der Waals surface area contributed by atoms with Gasteiger partial charge in [-0.1, -0.05) is 12.1 Å². The van der Waals surface area contributed by atoms with Gasteiger partial charge in [-0.2, -0.15) is 0 Å². The van der Waals surface area contributed by atoms with Crippen molar-refractivity contribution in [2.75, 3.05) is 6.61 Å². The highest BCUT2D eigenvalue weighted by Crippen LogP contribution is 2.18. The summed E-state index contributed by atoms with van der Waals surface area (Å²) in [6.07, 6.45) is 1.66. The molecule has 0 saturated heterocycles. The van der Waals surface area contributed by atoms with E-state index < -0.39 is 5.41 Å². The molecule has 0 saturated carbocycles. The lowest BCUT2D eigenvalue weighted by Gasteiger charge is -2.16. The van der Waals surface area contributed by atoms with Gasteiger partial charge in [-0.25, -0.2) is 4.98 Å². The van der Waals surface area contributed by atoms with Crippen molar-refractivity contribution in [3.05, 3.63) is 30.1 Å². The van der Waals surface area contributed by atoms with Crippen LogP contribution in [0.2, 0.25) is 0 Å². The molecule has 0 fully saturated rings. The highest BCUT2D eigenvalue weighted by Gasteiger charge is 2.22. The van der Waals surface area contributed by atoms with Crippen molar-refractivity contribution in [1.82, 2.24) is 9.55 Å². The number of hydrogen-bond donors (Lipinski definition) is 1. The summed E-state index contributed by atoms with van der Waals surface area (Å²) in [4.78, 5) is 16.1. The minimum Gasteiger partial charge on any atom is -0.465 e. The summed E-state index contributed by atoms with van der Waals surface area (Å²) in [5, 5.41) is 9.43. The van der Waals surface area contributed by atoms with Crippen LogP contribution in [-0.2, 0) is 22.7 Å². The van der Waals surface area contributed by atoms with Gasteiger partial charge in [0.2, 0.25) is 0 Å². The number of esters is 1. The lowest BCUT2D eigenvalue weighted by atomic mass is 9.97. The molecule has 120 valence electrons. The molecule has 0 amide bonds. The molecule has 5 nitrogen and oxygen atoms in total. The molecule has 0 aliphatic carbocycles. The molecule has 0 atom stereocenters. The number of hydrogen-bond acceptors (Lipinski definition) is 4. The smallest absolute Gasteiger partial charge is 0.311 e. The number of rotatable bonds is 6. The average Bonchev–Trinajstić information content (AvgIpc) is 2.83. The van der Waals surface area contributed by atoms with Crippen molar-refractivity contribution < 1.29 is 14.6 Å². The molecule has 22 heavy (non-hydrogen) atoms. The predicted molar refractivity (Wildman–Crippen MR) is 85.3 cm³/mol. The van der Waals surface area contributed by atoms with Crippen LogP contribution < -0.4 is 0 Å². The first-order valence-electron chi connectivity index (χ1n) is 7.65. The van der Waals surface area contributed by atoms with E-state index in [4.69, 9.17) is 4.74 Å². The van der Waals surface area contributed by atoms with E-state index in [-0.39, 0.29) is 12.6 Å². The van der Waals surface area contributed by atoms with Gasteiger partial charge in [0.15, 0.2) is 0 Å². The molecule has 5 heteroatoms. The van der Waals surface area contributed by atoms with Gasteiger partial charge in [0, 0.05) is 6.54 Å². The molecule has 2 rings (SSSR count). The molecule has 1 N–H and O–H groups in total. The van der Waals surface area contributed by atoms with Gasteiger partial charge in [-0.3, -0.25) is 4.79 Å². The van der Waals surface area contributed by atoms with E-state index in [2.05, 4.69) is 4.98 Å². The van der Waals surface area contributed by atoms with Crippen molar-refractivity contribution in [2.24, 2.45) is 5.41 Å². The Morgan fingerprint density at radius 2 is 2.00 bits per heavy atom. The number of benzene rings is 1. The van der Waals surface area contributed by atoms with Gasteiger partial charge in [0.05, 0.1) is 23.1 Å². The number of carbonyl (C=O) groups is 1. The second-order valence-corrected chi connectivity index (χ2v) is 6.42. The molecule has 2 aromatic rings. The quantitative estimate of drug-likeness (QED) is 0.658. The number of aromatic nitrogens is 2. The number of aliphatic hydroxyl groups excluding tert-OH is 1. The largest absolute Gasteiger partial charge is 0.465 e. The van der Waals surface area contributed by atoms with Crippen LogP contribution in [0.3, 0.4) is 0 Å². The van der Waals surface area contributed by atoms with Crippen LogP contribution in [0.25, 0.3) is 11.0 Å². The minimum absolute atomic E-state index is 0.0757. The standard InChI is InChI=1S/C17H24N2O3/c1-17(2,3)16(21)22-11-7-6-10-19-14-9-5-4-8-13(14)18-15(19)12-20/h4-5,8-9,20H,6-7,10-12H2,1-3H3. The molecular formula is C17H24N2O3. The average molecular weight is 304 g/mol. The molecule has 0 unspecified atom stereocenters. The summed E-state index contributed by atoms with van der Waals surface area (Å²) in [6, 6.07) is 7.84. The lowest BCUT2D eigenvalue weighted by Crippen LogP contribution is -2.23. The zero-order valence-electron chi connectivity index (χ0n) is 13.5. The Balaban J connectivity index is 1.89. The van der Waals surface area contributed by atoms with Gasteiger partial charge in [0.25, 0.3) is 0 Å². The van der Waals surface area contributed by atoms with Crippen LogP contribution in [0, 0.1) is 5.41 Å². The van der Waals surface area contributed by atoms with E-state index >= 15 is 0 Å². The third-order valence-electron chi connectivity index (χ3n) is 3.50. The minimum atomic E-state index is -0.454. The van der Waals surface area contributed by atoms with Crippen molar-refractivity contribution in [1.29, 1.82) is 0 Å². The van der Waals surface area contributed by atoms with Crippen molar-refractivity contribution in [3.63, 3.8) is 0 Å². The fraction of sp³-hybridized carbons (Fsp3) is 0.529. The summed E-state index contributed by atoms with van der Waals surface area (Å²) in [5.74, 6) is 0.504. The number of nitrogens with zero attached hydrogens (tertiary/aromatic N) is 2. The maximum atomic E-state index is 11.7. The monoisotopic (exact) mass is 304 g/mol. The molecule has 0 aliphatic heterocycles. The highest BCUT2D eigenvalue weighted by atomic mass is 16.5. The Bertz CT molecular complexity index is 641. The Kier molecular flexibility index (Phi) is 5.19. The summed E-state index contributed by atoms with van der Waals surface area (Å²) >= 11 is 0. The van der Waals surface area contributed by atoms with E-state index in [1.807, 2.05) is 49.6 Å². The zero-order valence-corrected chi connectivity index (χ0v) is 13.5. The number of unbranched alkanes of at least 4 members (excludes halogenated alkanes) is 1. The van der Waals surface area contributed by atoms with E-state index in [1.54, 1.807) is 0 Å². The second kappa shape index (κ2) is 6.92. The number of ether oxygens (including phenoxy) is 1. The fourth-order valence-electron chi connectivity index (χ4n) is 2.25. The Morgan fingerprint density at radius 1 is 1.27 bits per heavy atom. The van der Waals surface area contributed by atoms with Crippen LogP contribution >= 0.6 is 0 Å². The van der Waals surface area contributed by atoms with Gasteiger partial charge in [-0.05, 0) is 45.7 Å². The van der Waals surface area contributed by atoms with Crippen molar-refractivity contribution >= 4 is 17.0 Å². The Hall–Kier alpha value is -1.88. The summed E-state index contributed by atoms with van der Waals surface area (Å²) in [7, 11) is 0. The van der Waals surface area contributed by atoms with Gasteiger partial charge < -0.3 is 14.4 Å². The summed E-state index contributed by atoms with van der Waals surface area (Å²) < 4.78 is 7.29. The number of imidazole rings is 1. The maximum Gasteiger partial charge on any atom is 0.311 e. The number of aliphatic hydroxyl groups is 1. The van der Waals surface area contributed by atoms with Crippen molar-refractivity contribution in [2.45, 2.75) is 46.8 Å². The molecule has 0 radical (unpaired) electrons. The first kappa shape index (κ1) is 16.5. The molecular weight excluding hydrogens is 280 g/mol. The third kappa shape index (κ3) is 3.85. The fourth-order valence-corrected chi connectivity index (χ4v) is 2.25. The number of fused-ring (bicyclic) bond motifs is 1. The number of carbonyl (C=O) groups excluding carboxylic acids is 1. The van der Waals surface area contributed by atoms with Crippen LogP contribution in [-0.4, -0.2) is 27.2 Å². The Morgan fingerprint density at radius 3 is 2.68 bits per heavy atom. The SMILES string of the molecule is CC(C)(C)C(=O)OCCCCn1c(CO)nc2ccccc21. The van der Waals surface area contributed by atoms with Gasteiger partial charge in [-0.15, -0.1) is 0 Å². The van der Waals surface area contributed by atoms with E-state index in [0.717, 1.165) is 30.4 Å². The van der Waals surface area contributed by atoms with Gasteiger partial charge >= 0.3 is 5.97 Å². The molecule has 0 bridgehead atoms. The predicted octanol–water partition coefficient (Wildman–Crippen LogP) is 2.90. The van der Waals surface area contributed by atoms with Crippen molar-refractivity contribution in [3.8, 4) is 0 Å². The maximum absolute atomic E-state index is 11.7. The first-order valence-corrected chi connectivity index (χ1v) is 7.65. The molecule has 1 aromatic carbocycles. The molecule has 0 aliphatic rings. The van der Waals surface area contributed by atoms with E-state index in [9.17, 15) is 9.90 Å².